The van der Waals surface area contributed by atoms with E-state index in [4.69, 9.17) is 15.7 Å². The Kier molecular flexibility index (Phi) is 9.56. The molecule has 0 unspecified atom stereocenters. The third-order valence-electron chi connectivity index (χ3n) is 4.55. The number of nitrogens with two attached hydrogens (primary N) is 1. The molecule has 4 N–H and O–H groups in total. The van der Waals surface area contributed by atoms with Gasteiger partial charge in [-0.3, -0.25) is 9.59 Å². The monoisotopic (exact) mass is 422 g/mol. The van der Waals surface area contributed by atoms with Crippen molar-refractivity contribution < 1.29 is 19.1 Å². The molecule has 0 aliphatic carbocycles. The third kappa shape index (κ3) is 8.58. The molecule has 8 heteroatoms. The summed E-state index contributed by atoms with van der Waals surface area (Å²) in [7, 11) is 0. The van der Waals surface area contributed by atoms with Crippen LogP contribution in [-0.4, -0.2) is 30.0 Å². The molecule has 3 amide bonds. The van der Waals surface area contributed by atoms with Crippen LogP contribution in [0.25, 0.3) is 0 Å². The zero-order valence-electron chi connectivity index (χ0n) is 17.1. The first kappa shape index (κ1) is 23.4. The van der Waals surface area contributed by atoms with Crippen molar-refractivity contribution in [2.75, 3.05) is 0 Å². The molecule has 31 heavy (non-hydrogen) atoms. The first-order valence-electron chi connectivity index (χ1n) is 9.97. The van der Waals surface area contributed by atoms with Crippen LogP contribution in [-0.2, 0) is 27.4 Å². The molecule has 0 heterocycles. The van der Waals surface area contributed by atoms with E-state index in [2.05, 4.69) is 10.6 Å². The number of rotatable bonds is 11. The highest BCUT2D eigenvalue weighted by Gasteiger charge is 2.26. The molecule has 0 bridgehead atoms. The minimum atomic E-state index is -0.969. The number of benzene rings is 2. The summed E-state index contributed by atoms with van der Waals surface area (Å²) in [6, 6.07) is 18.4. The highest BCUT2D eigenvalue weighted by atomic mass is 16.5. The van der Waals surface area contributed by atoms with Crippen LogP contribution in [0.3, 0.4) is 0 Å². The smallest absolute Gasteiger partial charge is 0.408 e. The zero-order chi connectivity index (χ0) is 22.5. The number of hydrogen-bond donors (Lipinski definition) is 3. The standard InChI is InChI=1S/C23H26N4O4/c24-14-8-7-13-19(21(25)28)26-22(29)20(15-17-9-3-1-4-10-17)27-23(30)31-16-18-11-5-2-6-12-18/h1-6,9-12,19-20H,7-8,13,15-16H2,(H2,25,28)(H,26,29)(H,27,30)/t19-,20+/m1/s1. The first-order valence-corrected chi connectivity index (χ1v) is 9.97. The van der Waals surface area contributed by atoms with Gasteiger partial charge in [0, 0.05) is 12.8 Å². The van der Waals surface area contributed by atoms with Crippen molar-refractivity contribution in [1.29, 1.82) is 5.26 Å². The van der Waals surface area contributed by atoms with Crippen LogP contribution in [0.1, 0.15) is 30.4 Å². The molecule has 2 atom stereocenters. The van der Waals surface area contributed by atoms with E-state index in [1.54, 1.807) is 0 Å². The van der Waals surface area contributed by atoms with Crippen molar-refractivity contribution in [1.82, 2.24) is 10.6 Å². The number of unbranched alkanes of at least 4 members (excludes halogenated alkanes) is 1. The fourth-order valence-electron chi connectivity index (χ4n) is 2.91. The average molecular weight is 422 g/mol. The second-order valence-electron chi connectivity index (χ2n) is 6.96. The minimum absolute atomic E-state index is 0.0599. The maximum atomic E-state index is 12.9. The van der Waals surface area contributed by atoms with Crippen LogP contribution < -0.4 is 16.4 Å². The fraction of sp³-hybridized carbons (Fsp3) is 0.304. The molecular weight excluding hydrogens is 396 g/mol. The third-order valence-corrected chi connectivity index (χ3v) is 4.55. The van der Waals surface area contributed by atoms with Gasteiger partial charge in [-0.05, 0) is 24.0 Å². The number of carbonyl (C=O) groups excluding carboxylic acids is 3. The van der Waals surface area contributed by atoms with E-state index in [0.717, 1.165) is 11.1 Å². The van der Waals surface area contributed by atoms with Crippen molar-refractivity contribution in [2.24, 2.45) is 5.73 Å². The molecular formula is C23H26N4O4. The van der Waals surface area contributed by atoms with E-state index in [9.17, 15) is 14.4 Å². The summed E-state index contributed by atoms with van der Waals surface area (Å²) in [5.74, 6) is -1.25. The van der Waals surface area contributed by atoms with Crippen molar-refractivity contribution in [3.63, 3.8) is 0 Å². The summed E-state index contributed by atoms with van der Waals surface area (Å²) in [6.07, 6.45) is 0.361. The van der Waals surface area contributed by atoms with Gasteiger partial charge in [-0.2, -0.15) is 5.26 Å². The summed E-state index contributed by atoms with van der Waals surface area (Å²) in [6.45, 7) is 0.0599. The minimum Gasteiger partial charge on any atom is -0.445 e. The summed E-state index contributed by atoms with van der Waals surface area (Å²) >= 11 is 0. The lowest BCUT2D eigenvalue weighted by molar-refractivity contribution is -0.128. The van der Waals surface area contributed by atoms with E-state index in [0.29, 0.717) is 6.42 Å². The predicted molar refractivity (Wildman–Crippen MR) is 114 cm³/mol. The van der Waals surface area contributed by atoms with Gasteiger partial charge >= 0.3 is 6.09 Å². The molecule has 0 aliphatic rings. The second-order valence-corrected chi connectivity index (χ2v) is 6.96. The SMILES string of the molecule is N#CCCC[C@@H](NC(=O)[C@H](Cc1ccccc1)NC(=O)OCc1ccccc1)C(N)=O. The van der Waals surface area contributed by atoms with Gasteiger partial charge in [0.25, 0.3) is 0 Å². The number of primary amides is 1. The summed E-state index contributed by atoms with van der Waals surface area (Å²) in [4.78, 5) is 36.9. The Labute approximate surface area is 181 Å². The lowest BCUT2D eigenvalue weighted by Gasteiger charge is -2.22. The van der Waals surface area contributed by atoms with Crippen LogP contribution in [0.4, 0.5) is 4.79 Å². The Balaban J connectivity index is 2.04. The number of nitrogens with zero attached hydrogens (tertiary/aromatic N) is 1. The molecule has 8 nitrogen and oxygen atoms in total. The number of amides is 3. The van der Waals surface area contributed by atoms with Gasteiger partial charge in [0.15, 0.2) is 0 Å². The van der Waals surface area contributed by atoms with Crippen molar-refractivity contribution in [3.8, 4) is 6.07 Å². The summed E-state index contributed by atoms with van der Waals surface area (Å²) in [5, 5.41) is 13.8. The number of ether oxygens (including phenoxy) is 1. The van der Waals surface area contributed by atoms with Gasteiger partial charge in [-0.25, -0.2) is 4.79 Å². The van der Waals surface area contributed by atoms with Gasteiger partial charge in [-0.1, -0.05) is 60.7 Å². The molecule has 2 aromatic rings. The molecule has 0 radical (unpaired) electrons. The van der Waals surface area contributed by atoms with Gasteiger partial charge in [0.2, 0.25) is 11.8 Å². The van der Waals surface area contributed by atoms with Crippen LogP contribution in [0.2, 0.25) is 0 Å². The maximum absolute atomic E-state index is 12.9. The molecule has 0 spiro atoms. The normalized spacial score (nSPS) is 12.1. The topological polar surface area (TPSA) is 134 Å². The largest absolute Gasteiger partial charge is 0.445 e. The zero-order valence-corrected chi connectivity index (χ0v) is 17.1. The van der Waals surface area contributed by atoms with E-state index in [1.165, 1.54) is 0 Å². The molecule has 2 aromatic carbocycles. The first-order chi connectivity index (χ1) is 15.0. The van der Waals surface area contributed by atoms with E-state index in [1.807, 2.05) is 66.7 Å². The molecule has 2 rings (SSSR count). The Morgan fingerprint density at radius 3 is 2.13 bits per heavy atom. The van der Waals surface area contributed by atoms with Gasteiger partial charge in [-0.15, -0.1) is 0 Å². The van der Waals surface area contributed by atoms with Crippen molar-refractivity contribution in [2.45, 2.75) is 44.4 Å². The van der Waals surface area contributed by atoms with Gasteiger partial charge in [0.1, 0.15) is 18.7 Å². The van der Waals surface area contributed by atoms with E-state index >= 15 is 0 Å². The highest BCUT2D eigenvalue weighted by Crippen LogP contribution is 2.07. The Bertz CT molecular complexity index is 897. The lowest BCUT2D eigenvalue weighted by Crippen LogP contribution is -2.53. The van der Waals surface area contributed by atoms with Crippen LogP contribution in [0, 0.1) is 11.3 Å². The Morgan fingerprint density at radius 2 is 1.55 bits per heavy atom. The summed E-state index contributed by atoms with van der Waals surface area (Å²) < 4.78 is 5.22. The average Bonchev–Trinajstić information content (AvgIpc) is 2.78. The number of carbonyl (C=O) groups is 3. The van der Waals surface area contributed by atoms with E-state index < -0.39 is 30.0 Å². The van der Waals surface area contributed by atoms with Crippen LogP contribution in [0.5, 0.6) is 0 Å². The van der Waals surface area contributed by atoms with Gasteiger partial charge < -0.3 is 21.1 Å². The second kappa shape index (κ2) is 12.6. The Morgan fingerprint density at radius 1 is 0.935 bits per heavy atom. The lowest BCUT2D eigenvalue weighted by atomic mass is 10.0. The predicted octanol–water partition coefficient (Wildman–Crippen LogP) is 2.19. The molecule has 0 aromatic heterocycles. The maximum Gasteiger partial charge on any atom is 0.408 e. The highest BCUT2D eigenvalue weighted by molar-refractivity contribution is 5.90. The van der Waals surface area contributed by atoms with E-state index in [-0.39, 0.29) is 25.9 Å². The number of hydrogen-bond acceptors (Lipinski definition) is 5. The molecule has 0 fully saturated rings. The number of nitrogens with one attached hydrogen (secondary N) is 2. The van der Waals surface area contributed by atoms with Crippen LogP contribution in [0.15, 0.2) is 60.7 Å². The van der Waals surface area contributed by atoms with Crippen molar-refractivity contribution in [3.05, 3.63) is 71.8 Å². The van der Waals surface area contributed by atoms with Crippen LogP contribution >= 0.6 is 0 Å². The molecule has 0 saturated carbocycles. The molecule has 0 aliphatic heterocycles. The molecule has 162 valence electrons. The van der Waals surface area contributed by atoms with Gasteiger partial charge in [0.05, 0.1) is 6.07 Å². The summed E-state index contributed by atoms with van der Waals surface area (Å²) in [5.41, 5.74) is 7.02. The number of alkyl carbamates (subject to hydrolysis) is 1. The Hall–Kier alpha value is -3.86. The van der Waals surface area contributed by atoms with Crippen molar-refractivity contribution >= 4 is 17.9 Å². The fourth-order valence-corrected chi connectivity index (χ4v) is 2.91. The quantitative estimate of drug-likeness (QED) is 0.477. The number of nitriles is 1. The molecule has 0 saturated heterocycles.